The molecule has 1 aromatic heterocycles. The third kappa shape index (κ3) is 3.40. The highest BCUT2D eigenvalue weighted by molar-refractivity contribution is 9.10. The van der Waals surface area contributed by atoms with E-state index in [-0.39, 0.29) is 5.12 Å². The van der Waals surface area contributed by atoms with Crippen LogP contribution in [0.4, 0.5) is 0 Å². The number of carbonyl (C=O) groups excluding carboxylic acids is 1. The van der Waals surface area contributed by atoms with Crippen LogP contribution in [0.1, 0.15) is 15.9 Å². The number of hydrogen-bond acceptors (Lipinski definition) is 3. The largest absolute Gasteiger partial charge is 0.428 e. The Labute approximate surface area is 169 Å². The number of nitrogens with zero attached hydrogens (tertiary/aromatic N) is 1. The molecule has 0 fully saturated rings. The molecule has 1 N–H and O–H groups in total. The van der Waals surface area contributed by atoms with Gasteiger partial charge in [0, 0.05) is 32.3 Å². The van der Waals surface area contributed by atoms with Gasteiger partial charge < -0.3 is 5.21 Å². The first-order chi connectivity index (χ1) is 13.2. The lowest BCUT2D eigenvalue weighted by atomic mass is 10.1. The standard InChI is InChI=1S/C22H16BrNO2S/c23-18-12-7-13-19-20(18)17(14-27-22(25)16-10-5-2-6-11-16)21(24(19)26)15-8-3-1-4-9-15/h1-13,26H,14H2. The second kappa shape index (κ2) is 7.62. The Balaban J connectivity index is 1.80. The number of fused-ring (bicyclic) bond motifs is 1. The second-order valence-electron chi connectivity index (χ2n) is 6.08. The molecule has 0 radical (unpaired) electrons. The van der Waals surface area contributed by atoms with Gasteiger partial charge in [-0.05, 0) is 12.1 Å². The van der Waals surface area contributed by atoms with E-state index in [9.17, 15) is 10.0 Å². The average molecular weight is 438 g/mol. The van der Waals surface area contributed by atoms with Crippen molar-refractivity contribution < 1.29 is 10.0 Å². The van der Waals surface area contributed by atoms with Crippen molar-refractivity contribution in [2.75, 3.05) is 0 Å². The molecule has 0 amide bonds. The summed E-state index contributed by atoms with van der Waals surface area (Å²) in [6.07, 6.45) is 0. The van der Waals surface area contributed by atoms with Crippen molar-refractivity contribution in [1.29, 1.82) is 0 Å². The Morgan fingerprint density at radius 3 is 2.30 bits per heavy atom. The molecular weight excluding hydrogens is 422 g/mol. The molecule has 0 bridgehead atoms. The van der Waals surface area contributed by atoms with Gasteiger partial charge in [0.05, 0.1) is 11.2 Å². The zero-order chi connectivity index (χ0) is 18.8. The molecule has 0 spiro atoms. The van der Waals surface area contributed by atoms with Gasteiger partial charge >= 0.3 is 0 Å². The first kappa shape index (κ1) is 17.9. The van der Waals surface area contributed by atoms with Crippen LogP contribution in [-0.4, -0.2) is 15.1 Å². The number of aromatic nitrogens is 1. The summed E-state index contributed by atoms with van der Waals surface area (Å²) in [6.45, 7) is 0. The van der Waals surface area contributed by atoms with Crippen LogP contribution in [0.5, 0.6) is 0 Å². The maximum Gasteiger partial charge on any atom is 0.219 e. The van der Waals surface area contributed by atoms with Gasteiger partial charge in [-0.1, -0.05) is 94.4 Å². The maximum absolute atomic E-state index is 12.6. The fourth-order valence-electron chi connectivity index (χ4n) is 3.18. The lowest BCUT2D eigenvalue weighted by Crippen LogP contribution is -1.97. The van der Waals surface area contributed by atoms with Gasteiger partial charge in [-0.3, -0.25) is 4.79 Å². The quantitative estimate of drug-likeness (QED) is 0.376. The molecule has 134 valence electrons. The molecule has 3 aromatic carbocycles. The zero-order valence-electron chi connectivity index (χ0n) is 14.3. The average Bonchev–Trinajstić information content (AvgIpc) is 3.00. The maximum atomic E-state index is 12.6. The van der Waals surface area contributed by atoms with Crippen molar-refractivity contribution in [2.45, 2.75) is 5.75 Å². The predicted molar refractivity (Wildman–Crippen MR) is 114 cm³/mol. The Morgan fingerprint density at radius 2 is 1.59 bits per heavy atom. The Morgan fingerprint density at radius 1 is 0.926 bits per heavy atom. The monoisotopic (exact) mass is 437 g/mol. The summed E-state index contributed by atoms with van der Waals surface area (Å²) < 4.78 is 2.12. The van der Waals surface area contributed by atoms with Crippen LogP contribution in [0, 0.1) is 0 Å². The fourth-order valence-corrected chi connectivity index (χ4v) is 4.64. The topological polar surface area (TPSA) is 42.2 Å². The van der Waals surface area contributed by atoms with Crippen LogP contribution < -0.4 is 0 Å². The summed E-state index contributed by atoms with van der Waals surface area (Å²) in [5.41, 5.74) is 3.94. The van der Waals surface area contributed by atoms with E-state index in [0.717, 1.165) is 21.0 Å². The predicted octanol–water partition coefficient (Wildman–Crippen LogP) is 6.38. The summed E-state index contributed by atoms with van der Waals surface area (Å²) in [6, 6.07) is 24.7. The summed E-state index contributed by atoms with van der Waals surface area (Å²) in [5.74, 6) is 0.463. The molecule has 0 unspecified atom stereocenters. The minimum Gasteiger partial charge on any atom is -0.428 e. The molecule has 27 heavy (non-hydrogen) atoms. The first-order valence-electron chi connectivity index (χ1n) is 8.45. The number of rotatable bonds is 4. The van der Waals surface area contributed by atoms with E-state index >= 15 is 0 Å². The highest BCUT2D eigenvalue weighted by atomic mass is 79.9. The lowest BCUT2D eigenvalue weighted by Gasteiger charge is -2.07. The van der Waals surface area contributed by atoms with E-state index in [1.54, 1.807) is 0 Å². The molecule has 4 rings (SSSR count). The van der Waals surface area contributed by atoms with Crippen LogP contribution in [0.2, 0.25) is 0 Å². The van der Waals surface area contributed by atoms with Gasteiger partial charge in [0.1, 0.15) is 0 Å². The molecule has 3 nitrogen and oxygen atoms in total. The van der Waals surface area contributed by atoms with Gasteiger partial charge in [0.2, 0.25) is 5.12 Å². The minimum atomic E-state index is 0.0144. The molecule has 0 saturated carbocycles. The van der Waals surface area contributed by atoms with Crippen molar-refractivity contribution in [3.8, 4) is 11.3 Å². The molecule has 4 aromatic rings. The lowest BCUT2D eigenvalue weighted by molar-refractivity contribution is 0.108. The van der Waals surface area contributed by atoms with E-state index in [1.165, 1.54) is 16.5 Å². The number of halogens is 1. The van der Waals surface area contributed by atoms with Crippen molar-refractivity contribution in [3.63, 3.8) is 0 Å². The third-order valence-electron chi connectivity index (χ3n) is 4.42. The van der Waals surface area contributed by atoms with Crippen LogP contribution in [0.3, 0.4) is 0 Å². The summed E-state index contributed by atoms with van der Waals surface area (Å²) in [7, 11) is 0. The van der Waals surface area contributed by atoms with E-state index in [4.69, 9.17) is 0 Å². The normalized spacial score (nSPS) is 11.0. The van der Waals surface area contributed by atoms with Crippen molar-refractivity contribution >= 4 is 43.7 Å². The molecule has 1 heterocycles. The van der Waals surface area contributed by atoms with Gasteiger partial charge in [0.15, 0.2) is 0 Å². The smallest absolute Gasteiger partial charge is 0.219 e. The molecule has 0 aliphatic carbocycles. The zero-order valence-corrected chi connectivity index (χ0v) is 16.7. The number of benzene rings is 3. The molecule has 0 aliphatic rings. The molecule has 5 heteroatoms. The summed E-state index contributed by atoms with van der Waals surface area (Å²) >= 11 is 4.85. The number of thioether (sulfide) groups is 1. The van der Waals surface area contributed by atoms with Crippen LogP contribution in [0.25, 0.3) is 22.2 Å². The SMILES string of the molecule is O=C(SCc1c(-c2ccccc2)n(O)c2cccc(Br)c12)c1ccccc1. The van der Waals surface area contributed by atoms with Gasteiger partial charge in [0.25, 0.3) is 0 Å². The molecule has 0 atom stereocenters. The summed E-state index contributed by atoms with van der Waals surface area (Å²) in [5, 5.41) is 11.8. The third-order valence-corrected chi connectivity index (χ3v) is 6.02. The molecular formula is C22H16BrNO2S. The highest BCUT2D eigenvalue weighted by Gasteiger charge is 2.21. The number of carbonyl (C=O) groups is 1. The van der Waals surface area contributed by atoms with E-state index < -0.39 is 0 Å². The number of hydrogen-bond donors (Lipinski definition) is 1. The second-order valence-corrected chi connectivity index (χ2v) is 7.88. The Bertz CT molecular complexity index is 1110. The van der Waals surface area contributed by atoms with Crippen LogP contribution in [0.15, 0.2) is 83.3 Å². The van der Waals surface area contributed by atoms with Crippen LogP contribution in [-0.2, 0) is 5.75 Å². The van der Waals surface area contributed by atoms with Crippen molar-refractivity contribution in [3.05, 3.63) is 94.5 Å². The van der Waals surface area contributed by atoms with Crippen molar-refractivity contribution in [2.24, 2.45) is 0 Å². The van der Waals surface area contributed by atoms with E-state index in [2.05, 4.69) is 15.9 Å². The minimum absolute atomic E-state index is 0.0144. The molecule has 0 saturated heterocycles. The molecule has 0 aliphatic heterocycles. The summed E-state index contributed by atoms with van der Waals surface area (Å²) in [4.78, 5) is 12.6. The van der Waals surface area contributed by atoms with Gasteiger partial charge in [-0.2, -0.15) is 4.73 Å². The Kier molecular flexibility index (Phi) is 5.05. The first-order valence-corrected chi connectivity index (χ1v) is 10.2. The highest BCUT2D eigenvalue weighted by Crippen LogP contribution is 2.39. The van der Waals surface area contributed by atoms with E-state index in [0.29, 0.717) is 22.5 Å². The van der Waals surface area contributed by atoms with Crippen molar-refractivity contribution in [1.82, 2.24) is 4.73 Å². The van der Waals surface area contributed by atoms with E-state index in [1.807, 2.05) is 78.9 Å². The van der Waals surface area contributed by atoms with Gasteiger partial charge in [-0.25, -0.2) is 0 Å². The fraction of sp³-hybridized carbons (Fsp3) is 0.0455. The Hall–Kier alpha value is -2.50. The van der Waals surface area contributed by atoms with Crippen LogP contribution >= 0.6 is 27.7 Å². The van der Waals surface area contributed by atoms with Gasteiger partial charge in [-0.15, -0.1) is 0 Å².